The molecule has 0 N–H and O–H groups in total. The molecule has 122 valence electrons. The van der Waals surface area contributed by atoms with Crippen LogP contribution in [0.5, 0.6) is 5.88 Å². The molecule has 1 aromatic carbocycles. The minimum Gasteiger partial charge on any atom is -0.480 e. The van der Waals surface area contributed by atoms with Crippen molar-refractivity contribution in [2.75, 3.05) is 43.1 Å². The smallest absolute Gasteiger partial charge is 0.233 e. The molecule has 7 nitrogen and oxygen atoms in total. The summed E-state index contributed by atoms with van der Waals surface area (Å²) in [6.07, 6.45) is 5.03. The van der Waals surface area contributed by atoms with Gasteiger partial charge in [-0.15, -0.1) is 0 Å². The van der Waals surface area contributed by atoms with Crippen molar-refractivity contribution in [1.82, 2.24) is 19.9 Å². The van der Waals surface area contributed by atoms with Gasteiger partial charge in [0.25, 0.3) is 0 Å². The first kappa shape index (κ1) is 14.6. The van der Waals surface area contributed by atoms with Gasteiger partial charge in [-0.3, -0.25) is 4.98 Å². The molecule has 3 aromatic rings. The van der Waals surface area contributed by atoms with Crippen LogP contribution in [0.15, 0.2) is 43.0 Å². The minimum atomic E-state index is 0.539. The van der Waals surface area contributed by atoms with Gasteiger partial charge in [0.15, 0.2) is 5.82 Å². The fourth-order valence-electron chi connectivity index (χ4n) is 2.98. The molecule has 4 rings (SSSR count). The third kappa shape index (κ3) is 2.68. The van der Waals surface area contributed by atoms with Gasteiger partial charge in [-0.25, -0.2) is 9.97 Å². The molecule has 24 heavy (non-hydrogen) atoms. The van der Waals surface area contributed by atoms with Crippen LogP contribution in [0.25, 0.3) is 10.9 Å². The Morgan fingerprint density at radius 2 is 1.75 bits per heavy atom. The number of rotatable bonds is 3. The fraction of sp³-hybridized carbons (Fsp3) is 0.294. The van der Waals surface area contributed by atoms with Crippen molar-refractivity contribution in [1.29, 1.82) is 0 Å². The van der Waals surface area contributed by atoms with Gasteiger partial charge in [-0.1, -0.05) is 12.1 Å². The summed E-state index contributed by atoms with van der Waals surface area (Å²) in [4.78, 5) is 22.0. The van der Waals surface area contributed by atoms with E-state index in [1.165, 1.54) is 0 Å². The average Bonchev–Trinajstić information content (AvgIpc) is 2.68. The van der Waals surface area contributed by atoms with Crippen LogP contribution in [0.2, 0.25) is 0 Å². The maximum atomic E-state index is 5.16. The first-order valence-electron chi connectivity index (χ1n) is 7.91. The van der Waals surface area contributed by atoms with E-state index in [0.717, 1.165) is 48.7 Å². The summed E-state index contributed by atoms with van der Waals surface area (Å²) >= 11 is 0. The summed E-state index contributed by atoms with van der Waals surface area (Å²) < 4.78 is 5.16. The lowest BCUT2D eigenvalue weighted by atomic mass is 10.2. The molecule has 0 bridgehead atoms. The van der Waals surface area contributed by atoms with Crippen molar-refractivity contribution < 1.29 is 4.74 Å². The maximum Gasteiger partial charge on any atom is 0.233 e. The quantitative estimate of drug-likeness (QED) is 0.728. The third-order valence-corrected chi connectivity index (χ3v) is 4.23. The Kier molecular flexibility index (Phi) is 3.82. The molecule has 7 heteroatoms. The molecule has 0 saturated carbocycles. The topological polar surface area (TPSA) is 67.3 Å². The van der Waals surface area contributed by atoms with Crippen LogP contribution in [0.4, 0.5) is 11.6 Å². The van der Waals surface area contributed by atoms with Crippen LogP contribution in [0, 0.1) is 0 Å². The number of hydrogen-bond donors (Lipinski definition) is 0. The van der Waals surface area contributed by atoms with E-state index < -0.39 is 0 Å². The van der Waals surface area contributed by atoms with Gasteiger partial charge in [0.2, 0.25) is 5.88 Å². The van der Waals surface area contributed by atoms with Crippen LogP contribution in [0.1, 0.15) is 0 Å². The summed E-state index contributed by atoms with van der Waals surface area (Å²) in [6, 6.07) is 8.11. The average molecular weight is 322 g/mol. The second kappa shape index (κ2) is 6.27. The number of methoxy groups -OCH3 is 1. The largest absolute Gasteiger partial charge is 0.480 e. The van der Waals surface area contributed by atoms with Gasteiger partial charge in [0.1, 0.15) is 12.1 Å². The van der Waals surface area contributed by atoms with E-state index in [-0.39, 0.29) is 0 Å². The number of aromatic nitrogens is 4. The highest BCUT2D eigenvalue weighted by Gasteiger charge is 2.21. The molecule has 1 aliphatic rings. The molecule has 0 aliphatic carbocycles. The Bertz CT molecular complexity index is 842. The summed E-state index contributed by atoms with van der Waals surface area (Å²) in [6.45, 7) is 3.47. The molecule has 0 amide bonds. The van der Waals surface area contributed by atoms with Crippen molar-refractivity contribution in [3.05, 3.63) is 43.0 Å². The maximum absolute atomic E-state index is 5.16. The first-order chi connectivity index (χ1) is 11.8. The van der Waals surface area contributed by atoms with E-state index in [9.17, 15) is 0 Å². The number of piperazine rings is 1. The molecule has 0 spiro atoms. The van der Waals surface area contributed by atoms with Gasteiger partial charge >= 0.3 is 0 Å². The number of anilines is 2. The molecular weight excluding hydrogens is 304 g/mol. The van der Waals surface area contributed by atoms with E-state index >= 15 is 0 Å². The SMILES string of the molecule is COc1cncc(N2CCN(c3ncnc4ccccc34)CC2)n1. The molecule has 0 radical (unpaired) electrons. The van der Waals surface area contributed by atoms with Gasteiger partial charge < -0.3 is 14.5 Å². The Morgan fingerprint density at radius 3 is 2.58 bits per heavy atom. The zero-order chi connectivity index (χ0) is 16.4. The number of ether oxygens (including phenoxy) is 1. The lowest BCUT2D eigenvalue weighted by Crippen LogP contribution is -2.47. The monoisotopic (exact) mass is 322 g/mol. The van der Waals surface area contributed by atoms with Crippen LogP contribution < -0.4 is 14.5 Å². The second-order valence-corrected chi connectivity index (χ2v) is 5.61. The van der Waals surface area contributed by atoms with Crippen LogP contribution >= 0.6 is 0 Å². The number of hydrogen-bond acceptors (Lipinski definition) is 7. The van der Waals surface area contributed by atoms with Crippen LogP contribution in [-0.2, 0) is 0 Å². The molecule has 0 atom stereocenters. The van der Waals surface area contributed by atoms with E-state index in [4.69, 9.17) is 4.74 Å². The highest BCUT2D eigenvalue weighted by atomic mass is 16.5. The molecular formula is C17H18N6O. The fourth-order valence-corrected chi connectivity index (χ4v) is 2.98. The van der Waals surface area contributed by atoms with Gasteiger partial charge in [-0.05, 0) is 12.1 Å². The normalized spacial score (nSPS) is 14.9. The van der Waals surface area contributed by atoms with E-state index in [1.54, 1.807) is 25.8 Å². The van der Waals surface area contributed by atoms with Crippen molar-refractivity contribution in [3.63, 3.8) is 0 Å². The highest BCUT2D eigenvalue weighted by molar-refractivity contribution is 5.89. The number of nitrogens with zero attached hydrogens (tertiary/aromatic N) is 6. The Labute approximate surface area is 140 Å². The molecule has 1 saturated heterocycles. The number of fused-ring (bicyclic) bond motifs is 1. The van der Waals surface area contributed by atoms with E-state index in [0.29, 0.717) is 5.88 Å². The Hall–Kier alpha value is -2.96. The number of benzene rings is 1. The second-order valence-electron chi connectivity index (χ2n) is 5.61. The summed E-state index contributed by atoms with van der Waals surface area (Å²) in [7, 11) is 1.60. The lowest BCUT2D eigenvalue weighted by Gasteiger charge is -2.36. The van der Waals surface area contributed by atoms with Crippen molar-refractivity contribution >= 4 is 22.5 Å². The molecule has 1 aliphatic heterocycles. The van der Waals surface area contributed by atoms with Crippen molar-refractivity contribution in [2.24, 2.45) is 0 Å². The van der Waals surface area contributed by atoms with Crippen LogP contribution in [-0.4, -0.2) is 53.2 Å². The highest BCUT2D eigenvalue weighted by Crippen LogP contribution is 2.24. The van der Waals surface area contributed by atoms with Crippen molar-refractivity contribution in [2.45, 2.75) is 0 Å². The zero-order valence-electron chi connectivity index (χ0n) is 13.5. The van der Waals surface area contributed by atoms with Gasteiger partial charge in [-0.2, -0.15) is 4.98 Å². The third-order valence-electron chi connectivity index (χ3n) is 4.23. The predicted molar refractivity (Wildman–Crippen MR) is 92.5 cm³/mol. The number of para-hydroxylation sites is 1. The van der Waals surface area contributed by atoms with E-state index in [2.05, 4.69) is 35.8 Å². The standard InChI is InChI=1S/C17H18N6O/c1-24-16-11-18-10-15(21-16)22-6-8-23(9-7-22)17-13-4-2-3-5-14(13)19-12-20-17/h2-5,10-12H,6-9H2,1H3. The summed E-state index contributed by atoms with van der Waals surface area (Å²) in [5.74, 6) is 2.38. The molecule has 1 fully saturated rings. The summed E-state index contributed by atoms with van der Waals surface area (Å²) in [5, 5.41) is 1.09. The van der Waals surface area contributed by atoms with E-state index in [1.807, 2.05) is 18.2 Å². The Balaban J connectivity index is 1.53. The predicted octanol–water partition coefficient (Wildman–Crippen LogP) is 1.75. The van der Waals surface area contributed by atoms with Crippen LogP contribution in [0.3, 0.4) is 0 Å². The van der Waals surface area contributed by atoms with Gasteiger partial charge in [0, 0.05) is 31.6 Å². The molecule has 0 unspecified atom stereocenters. The first-order valence-corrected chi connectivity index (χ1v) is 7.91. The minimum absolute atomic E-state index is 0.539. The molecule has 2 aromatic heterocycles. The van der Waals surface area contributed by atoms with Crippen molar-refractivity contribution in [3.8, 4) is 5.88 Å². The zero-order valence-corrected chi connectivity index (χ0v) is 13.5. The Morgan fingerprint density at radius 1 is 0.958 bits per heavy atom. The molecule has 3 heterocycles. The van der Waals surface area contributed by atoms with Gasteiger partial charge in [0.05, 0.1) is 25.0 Å². The summed E-state index contributed by atoms with van der Waals surface area (Å²) in [5.41, 5.74) is 0.976. The lowest BCUT2D eigenvalue weighted by molar-refractivity contribution is 0.395.